The van der Waals surface area contributed by atoms with Gasteiger partial charge in [0.15, 0.2) is 6.61 Å². The number of hydrogen-bond donors (Lipinski definition) is 1. The molecule has 3 aromatic rings. The molecule has 0 atom stereocenters. The molecule has 1 aromatic heterocycles. The van der Waals surface area contributed by atoms with E-state index in [2.05, 4.69) is 5.32 Å². The van der Waals surface area contributed by atoms with Gasteiger partial charge in [0.25, 0.3) is 5.91 Å². The molecule has 0 aliphatic carbocycles. The van der Waals surface area contributed by atoms with Crippen molar-refractivity contribution >= 4 is 46.0 Å². The van der Waals surface area contributed by atoms with Gasteiger partial charge in [-0.2, -0.15) is 0 Å². The van der Waals surface area contributed by atoms with Crippen LogP contribution in [0.3, 0.4) is 0 Å². The molecule has 168 valence electrons. The number of amides is 2. The van der Waals surface area contributed by atoms with Crippen molar-refractivity contribution in [1.82, 2.24) is 4.90 Å². The molecular weight excluding hydrogens is 436 g/mol. The van der Waals surface area contributed by atoms with Gasteiger partial charge in [-0.25, -0.2) is 4.79 Å². The minimum absolute atomic E-state index is 0.00781. The van der Waals surface area contributed by atoms with Crippen molar-refractivity contribution in [1.29, 1.82) is 0 Å². The van der Waals surface area contributed by atoms with Gasteiger partial charge in [0.05, 0.1) is 23.9 Å². The normalized spacial score (nSPS) is 10.7. The van der Waals surface area contributed by atoms with Crippen LogP contribution < -0.4 is 5.32 Å². The maximum atomic E-state index is 12.6. The Balaban J connectivity index is 1.59. The van der Waals surface area contributed by atoms with Crippen molar-refractivity contribution < 1.29 is 28.3 Å². The zero-order valence-corrected chi connectivity index (χ0v) is 18.5. The molecule has 0 aliphatic rings. The highest BCUT2D eigenvalue weighted by Gasteiger charge is 2.23. The van der Waals surface area contributed by atoms with Crippen LogP contribution in [0.25, 0.3) is 11.0 Å². The number of para-hydroxylation sites is 2. The number of likely N-dealkylation sites (N-methyl/N-ethyl adjacent to an activating group) is 1. The fourth-order valence-corrected chi connectivity index (χ4v) is 3.15. The summed E-state index contributed by atoms with van der Waals surface area (Å²) in [5.41, 5.74) is 1.53. The Bertz CT molecular complexity index is 1130. The molecule has 0 fully saturated rings. The standard InChI is InChI=1S/C23H23ClN2O6/c1-3-30-13-16-15-8-4-7-11-19(15)32-22(16)23(29)31-14-21(28)26(2)12-20(27)25-18-10-6-5-9-17(18)24/h4-11H,3,12-14H2,1-2H3,(H,25,27). The van der Waals surface area contributed by atoms with Crippen LogP contribution in [0, 0.1) is 0 Å². The molecule has 0 unspecified atom stereocenters. The summed E-state index contributed by atoms with van der Waals surface area (Å²) in [5, 5.41) is 3.76. The Labute approximate surface area is 190 Å². The summed E-state index contributed by atoms with van der Waals surface area (Å²) in [5.74, 6) is -1.77. The lowest BCUT2D eigenvalue weighted by Gasteiger charge is -2.17. The van der Waals surface area contributed by atoms with Crippen LogP contribution in [0.15, 0.2) is 52.9 Å². The van der Waals surface area contributed by atoms with Crippen molar-refractivity contribution in [2.45, 2.75) is 13.5 Å². The van der Waals surface area contributed by atoms with Crippen LogP contribution >= 0.6 is 11.6 Å². The molecule has 8 nitrogen and oxygen atoms in total. The lowest BCUT2D eigenvalue weighted by atomic mass is 10.1. The lowest BCUT2D eigenvalue weighted by molar-refractivity contribution is -0.136. The molecular formula is C23H23ClN2O6. The third-order valence-electron chi connectivity index (χ3n) is 4.62. The SMILES string of the molecule is CCOCc1c(C(=O)OCC(=O)N(C)CC(=O)Nc2ccccc2Cl)oc2ccccc12. The quantitative estimate of drug-likeness (QED) is 0.489. The van der Waals surface area contributed by atoms with Gasteiger partial charge in [0, 0.05) is 24.6 Å². The summed E-state index contributed by atoms with van der Waals surface area (Å²) in [6.07, 6.45) is 0. The van der Waals surface area contributed by atoms with Gasteiger partial charge in [-0.15, -0.1) is 0 Å². The summed E-state index contributed by atoms with van der Waals surface area (Å²) in [6, 6.07) is 13.9. The van der Waals surface area contributed by atoms with E-state index in [0.717, 1.165) is 10.3 Å². The molecule has 0 radical (unpaired) electrons. The predicted molar refractivity (Wildman–Crippen MR) is 120 cm³/mol. The number of nitrogens with one attached hydrogen (secondary N) is 1. The van der Waals surface area contributed by atoms with Gasteiger partial charge in [0.1, 0.15) is 5.58 Å². The first kappa shape index (κ1) is 23.3. The Morgan fingerprint density at radius 2 is 1.81 bits per heavy atom. The maximum absolute atomic E-state index is 12.6. The van der Waals surface area contributed by atoms with E-state index in [1.165, 1.54) is 7.05 Å². The molecule has 0 saturated heterocycles. The number of fused-ring (bicyclic) bond motifs is 1. The van der Waals surface area contributed by atoms with E-state index >= 15 is 0 Å². The average molecular weight is 459 g/mol. The third kappa shape index (κ3) is 5.66. The van der Waals surface area contributed by atoms with Crippen LogP contribution in [0.5, 0.6) is 0 Å². The third-order valence-corrected chi connectivity index (χ3v) is 4.95. The number of nitrogens with zero attached hydrogens (tertiary/aromatic N) is 1. The van der Waals surface area contributed by atoms with Gasteiger partial charge in [0.2, 0.25) is 11.7 Å². The molecule has 0 bridgehead atoms. The second-order valence-corrected chi connectivity index (χ2v) is 7.30. The predicted octanol–water partition coefficient (Wildman–Crippen LogP) is 3.88. The smallest absolute Gasteiger partial charge is 0.375 e. The van der Waals surface area contributed by atoms with Crippen LogP contribution in [-0.2, 0) is 25.7 Å². The number of hydrogen-bond acceptors (Lipinski definition) is 6. The monoisotopic (exact) mass is 458 g/mol. The van der Waals surface area contributed by atoms with E-state index < -0.39 is 24.4 Å². The van der Waals surface area contributed by atoms with E-state index in [1.807, 2.05) is 19.1 Å². The average Bonchev–Trinajstić information content (AvgIpc) is 3.16. The van der Waals surface area contributed by atoms with Crippen molar-refractivity contribution in [3.63, 3.8) is 0 Å². The van der Waals surface area contributed by atoms with Gasteiger partial charge in [-0.05, 0) is 25.1 Å². The highest BCUT2D eigenvalue weighted by molar-refractivity contribution is 6.33. The Hall–Kier alpha value is -3.36. The van der Waals surface area contributed by atoms with E-state index in [1.54, 1.807) is 36.4 Å². The zero-order chi connectivity index (χ0) is 23.1. The first-order chi connectivity index (χ1) is 15.4. The molecule has 0 spiro atoms. The molecule has 2 amide bonds. The van der Waals surface area contributed by atoms with E-state index in [4.69, 9.17) is 25.5 Å². The molecule has 1 heterocycles. The number of carbonyl (C=O) groups excluding carboxylic acids is 3. The molecule has 0 saturated carbocycles. The largest absolute Gasteiger partial charge is 0.450 e. The molecule has 32 heavy (non-hydrogen) atoms. The van der Waals surface area contributed by atoms with E-state index in [9.17, 15) is 14.4 Å². The highest BCUT2D eigenvalue weighted by Crippen LogP contribution is 2.27. The molecule has 0 aliphatic heterocycles. The summed E-state index contributed by atoms with van der Waals surface area (Å²) in [6.45, 7) is 1.71. The summed E-state index contributed by atoms with van der Waals surface area (Å²) in [4.78, 5) is 38.3. The fraction of sp³-hybridized carbons (Fsp3) is 0.261. The summed E-state index contributed by atoms with van der Waals surface area (Å²) in [7, 11) is 1.43. The Morgan fingerprint density at radius 1 is 1.09 bits per heavy atom. The minimum atomic E-state index is -0.779. The van der Waals surface area contributed by atoms with Gasteiger partial charge in [-0.3, -0.25) is 9.59 Å². The van der Waals surface area contributed by atoms with Gasteiger partial charge < -0.3 is 24.1 Å². The Morgan fingerprint density at radius 3 is 2.56 bits per heavy atom. The fourth-order valence-electron chi connectivity index (χ4n) is 2.97. The molecule has 1 N–H and O–H groups in total. The zero-order valence-electron chi connectivity index (χ0n) is 17.7. The first-order valence-corrected chi connectivity index (χ1v) is 10.3. The first-order valence-electron chi connectivity index (χ1n) is 9.94. The van der Waals surface area contributed by atoms with Crippen molar-refractivity contribution in [2.75, 3.05) is 32.1 Å². The second kappa shape index (κ2) is 10.8. The lowest BCUT2D eigenvalue weighted by Crippen LogP contribution is -2.37. The molecule has 9 heteroatoms. The molecule has 2 aromatic carbocycles. The number of benzene rings is 2. The van der Waals surface area contributed by atoms with E-state index in [-0.39, 0.29) is 18.9 Å². The number of carbonyl (C=O) groups is 3. The number of esters is 1. The number of halogens is 1. The number of furan rings is 1. The van der Waals surface area contributed by atoms with E-state index in [0.29, 0.717) is 28.5 Å². The van der Waals surface area contributed by atoms with Crippen molar-refractivity contribution in [2.24, 2.45) is 0 Å². The summed E-state index contributed by atoms with van der Waals surface area (Å²) >= 11 is 6.01. The second-order valence-electron chi connectivity index (χ2n) is 6.90. The number of anilines is 1. The van der Waals surface area contributed by atoms with Crippen LogP contribution in [0.1, 0.15) is 23.0 Å². The minimum Gasteiger partial charge on any atom is -0.450 e. The highest BCUT2D eigenvalue weighted by atomic mass is 35.5. The molecule has 3 rings (SSSR count). The van der Waals surface area contributed by atoms with Crippen LogP contribution in [-0.4, -0.2) is 49.5 Å². The van der Waals surface area contributed by atoms with Crippen LogP contribution in [0.4, 0.5) is 5.69 Å². The number of rotatable bonds is 9. The van der Waals surface area contributed by atoms with Gasteiger partial charge in [-0.1, -0.05) is 41.9 Å². The Kier molecular flexibility index (Phi) is 7.86. The van der Waals surface area contributed by atoms with Gasteiger partial charge >= 0.3 is 5.97 Å². The number of ether oxygens (including phenoxy) is 2. The topological polar surface area (TPSA) is 98.1 Å². The van der Waals surface area contributed by atoms with Crippen molar-refractivity contribution in [3.8, 4) is 0 Å². The summed E-state index contributed by atoms with van der Waals surface area (Å²) < 4.78 is 16.2. The maximum Gasteiger partial charge on any atom is 0.375 e. The van der Waals surface area contributed by atoms with Crippen molar-refractivity contribution in [3.05, 3.63) is 64.9 Å². The van der Waals surface area contributed by atoms with Crippen LogP contribution in [0.2, 0.25) is 5.02 Å².